The van der Waals surface area contributed by atoms with E-state index >= 15 is 0 Å². The fraction of sp³-hybridized carbons (Fsp3) is 0.542. The smallest absolute Gasteiger partial charge is 0.371 e. The van der Waals surface area contributed by atoms with E-state index in [9.17, 15) is 31.2 Å². The van der Waals surface area contributed by atoms with Crippen LogP contribution in [0.4, 0.5) is 29.5 Å². The van der Waals surface area contributed by atoms with E-state index in [1.807, 2.05) is 0 Å². The first-order chi connectivity index (χ1) is 18.3. The fourth-order valence-electron chi connectivity index (χ4n) is 4.90. The van der Waals surface area contributed by atoms with Crippen LogP contribution >= 0.6 is 0 Å². The van der Waals surface area contributed by atoms with Crippen LogP contribution in [0.5, 0.6) is 0 Å². The maximum absolute atomic E-state index is 13.8. The zero-order valence-electron chi connectivity index (χ0n) is 21.7. The number of hydrogen-bond donors (Lipinski definition) is 2. The van der Waals surface area contributed by atoms with Crippen molar-refractivity contribution in [2.45, 2.75) is 38.5 Å². The maximum Gasteiger partial charge on any atom is 0.418 e. The summed E-state index contributed by atoms with van der Waals surface area (Å²) < 4.78 is 67.4. The quantitative estimate of drug-likeness (QED) is 0.546. The molecule has 0 unspecified atom stereocenters. The Morgan fingerprint density at radius 1 is 1.05 bits per heavy atom. The second-order valence-corrected chi connectivity index (χ2v) is 11.6. The van der Waals surface area contributed by atoms with Gasteiger partial charge in [0.05, 0.1) is 11.8 Å². The van der Waals surface area contributed by atoms with Gasteiger partial charge < -0.3 is 15.1 Å². The zero-order valence-corrected chi connectivity index (χ0v) is 22.6. The van der Waals surface area contributed by atoms with Gasteiger partial charge in [-0.2, -0.15) is 17.9 Å². The number of piperazine rings is 1. The number of hydrogen-bond acceptors (Lipinski definition) is 7. The van der Waals surface area contributed by atoms with Gasteiger partial charge in [-0.3, -0.25) is 14.4 Å². The van der Waals surface area contributed by atoms with Crippen LogP contribution in [-0.4, -0.2) is 91.5 Å². The van der Waals surface area contributed by atoms with E-state index in [1.165, 1.54) is 25.3 Å². The summed E-state index contributed by atoms with van der Waals surface area (Å²) in [5.74, 6) is -0.103. The molecule has 2 aliphatic heterocycles. The molecule has 0 radical (unpaired) electrons. The van der Waals surface area contributed by atoms with E-state index in [-0.39, 0.29) is 23.5 Å². The van der Waals surface area contributed by atoms with Crippen LogP contribution in [-0.2, 0) is 27.5 Å². The lowest BCUT2D eigenvalue weighted by Crippen LogP contribution is -2.49. The van der Waals surface area contributed by atoms with E-state index in [0.29, 0.717) is 58.7 Å². The van der Waals surface area contributed by atoms with Gasteiger partial charge in [0.1, 0.15) is 0 Å². The molecule has 214 valence electrons. The molecule has 1 aromatic carbocycles. The summed E-state index contributed by atoms with van der Waals surface area (Å²) in [4.78, 5) is 29.5. The SMILES string of the molecule is CC(=O)NC1CCN(c2cc(CN3CCN(C(=O)n4ccc(NS(C)(=O)=O)n4)CC3)ccc2C(F)(F)F)CC1. The molecule has 3 heterocycles. The van der Waals surface area contributed by atoms with Crippen LogP contribution in [0.2, 0.25) is 0 Å². The molecule has 2 fully saturated rings. The molecule has 1 aromatic heterocycles. The Balaban J connectivity index is 1.38. The number of alkyl halides is 3. The highest BCUT2D eigenvalue weighted by Crippen LogP contribution is 2.38. The van der Waals surface area contributed by atoms with Crippen molar-refractivity contribution in [3.05, 3.63) is 41.6 Å². The van der Waals surface area contributed by atoms with Crippen molar-refractivity contribution in [3.8, 4) is 0 Å². The molecule has 39 heavy (non-hydrogen) atoms. The van der Waals surface area contributed by atoms with Crippen LogP contribution in [0.25, 0.3) is 0 Å². The van der Waals surface area contributed by atoms with Gasteiger partial charge in [0.25, 0.3) is 0 Å². The molecular weight excluding hydrogens is 539 g/mol. The highest BCUT2D eigenvalue weighted by molar-refractivity contribution is 7.92. The summed E-state index contributed by atoms with van der Waals surface area (Å²) in [6.45, 7) is 4.48. The molecule has 4 rings (SSSR count). The minimum absolute atomic E-state index is 0.0421. The second-order valence-electron chi connectivity index (χ2n) is 9.88. The van der Waals surface area contributed by atoms with Crippen LogP contribution < -0.4 is 14.9 Å². The molecule has 0 aliphatic carbocycles. The number of benzene rings is 1. The maximum atomic E-state index is 13.8. The third-order valence-electron chi connectivity index (χ3n) is 6.73. The van der Waals surface area contributed by atoms with E-state index < -0.39 is 27.8 Å². The summed E-state index contributed by atoms with van der Waals surface area (Å²) in [6, 6.07) is 5.17. The number of amides is 2. The van der Waals surface area contributed by atoms with Crippen molar-refractivity contribution in [1.29, 1.82) is 0 Å². The van der Waals surface area contributed by atoms with E-state index in [2.05, 4.69) is 20.0 Å². The Bertz CT molecular complexity index is 1300. The van der Waals surface area contributed by atoms with Gasteiger partial charge in [-0.05, 0) is 30.5 Å². The number of sulfonamides is 1. The van der Waals surface area contributed by atoms with Crippen LogP contribution in [0.1, 0.15) is 30.9 Å². The third kappa shape index (κ3) is 7.62. The number of anilines is 2. The monoisotopic (exact) mass is 571 g/mol. The van der Waals surface area contributed by atoms with Crippen LogP contribution in [0, 0.1) is 0 Å². The Kier molecular flexibility index (Phi) is 8.39. The number of rotatable bonds is 6. The summed E-state index contributed by atoms with van der Waals surface area (Å²) >= 11 is 0. The van der Waals surface area contributed by atoms with Crippen LogP contribution in [0.15, 0.2) is 30.5 Å². The zero-order chi connectivity index (χ0) is 28.4. The van der Waals surface area contributed by atoms with E-state index in [0.717, 1.165) is 22.6 Å². The molecule has 2 aliphatic rings. The lowest BCUT2D eigenvalue weighted by Gasteiger charge is -2.36. The predicted molar refractivity (Wildman–Crippen MR) is 139 cm³/mol. The summed E-state index contributed by atoms with van der Waals surface area (Å²) in [5, 5.41) is 6.80. The molecule has 0 atom stereocenters. The van der Waals surface area contributed by atoms with Gasteiger partial charge in [0, 0.05) is 76.7 Å². The molecule has 0 bridgehead atoms. The summed E-state index contributed by atoms with van der Waals surface area (Å²) in [7, 11) is -3.52. The number of carbonyl (C=O) groups excluding carboxylic acids is 2. The Morgan fingerprint density at radius 3 is 2.31 bits per heavy atom. The molecule has 0 spiro atoms. The largest absolute Gasteiger partial charge is 0.418 e. The van der Waals surface area contributed by atoms with Crippen molar-refractivity contribution in [1.82, 2.24) is 24.9 Å². The van der Waals surface area contributed by atoms with Crippen molar-refractivity contribution in [2.75, 3.05) is 55.1 Å². The number of aromatic nitrogens is 2. The normalized spacial score (nSPS) is 17.8. The van der Waals surface area contributed by atoms with Gasteiger partial charge >= 0.3 is 12.2 Å². The Labute approximate surface area is 225 Å². The minimum atomic E-state index is -4.49. The van der Waals surface area contributed by atoms with E-state index in [1.54, 1.807) is 15.9 Å². The molecular formula is C24H32F3N7O4S. The molecule has 2 aromatic rings. The number of nitrogens with zero attached hydrogens (tertiary/aromatic N) is 5. The van der Waals surface area contributed by atoms with Crippen molar-refractivity contribution < 1.29 is 31.2 Å². The predicted octanol–water partition coefficient (Wildman–Crippen LogP) is 2.16. The molecule has 2 saturated heterocycles. The van der Waals surface area contributed by atoms with Gasteiger partial charge in [0.15, 0.2) is 5.82 Å². The molecule has 15 heteroatoms. The van der Waals surface area contributed by atoms with Gasteiger partial charge in [-0.25, -0.2) is 13.2 Å². The van der Waals surface area contributed by atoms with Crippen molar-refractivity contribution in [3.63, 3.8) is 0 Å². The lowest BCUT2D eigenvalue weighted by atomic mass is 10.0. The first-order valence-electron chi connectivity index (χ1n) is 12.6. The van der Waals surface area contributed by atoms with Crippen molar-refractivity contribution in [2.24, 2.45) is 0 Å². The molecule has 0 saturated carbocycles. The number of piperidine rings is 1. The summed E-state index contributed by atoms with van der Waals surface area (Å²) in [6.07, 6.45) is -0.983. The summed E-state index contributed by atoms with van der Waals surface area (Å²) in [5.41, 5.74) is 0.209. The topological polar surface area (TPSA) is 120 Å². The van der Waals surface area contributed by atoms with Gasteiger partial charge in [0.2, 0.25) is 15.9 Å². The van der Waals surface area contributed by atoms with Gasteiger partial charge in [-0.15, -0.1) is 5.10 Å². The minimum Gasteiger partial charge on any atom is -0.371 e. The average Bonchev–Trinajstić information content (AvgIpc) is 3.30. The third-order valence-corrected chi connectivity index (χ3v) is 7.31. The first kappa shape index (κ1) is 28.7. The highest BCUT2D eigenvalue weighted by atomic mass is 32.2. The first-order valence-corrected chi connectivity index (χ1v) is 14.4. The average molecular weight is 572 g/mol. The lowest BCUT2D eigenvalue weighted by molar-refractivity contribution is -0.137. The standard InChI is InChI=1S/C24H32F3N7O4S/c1-17(35)28-19-5-8-32(9-6-19)21-15-18(3-4-20(21)24(25,26)27)16-31-11-13-33(14-12-31)23(36)34-10-7-22(29-34)30-39(2,37)38/h3-4,7,10,15,19H,5-6,8-9,11-14,16H2,1-2H3,(H,28,35)(H,29,30). The van der Waals surface area contributed by atoms with Gasteiger partial charge in [-0.1, -0.05) is 6.07 Å². The Hall–Kier alpha value is -3.33. The van der Waals surface area contributed by atoms with Crippen molar-refractivity contribution >= 4 is 33.5 Å². The molecule has 11 nitrogen and oxygen atoms in total. The molecule has 2 amide bonds. The second kappa shape index (κ2) is 11.4. The number of halogens is 3. The molecule has 2 N–H and O–H groups in total. The van der Waals surface area contributed by atoms with E-state index in [4.69, 9.17) is 0 Å². The Morgan fingerprint density at radius 2 is 1.72 bits per heavy atom. The number of carbonyl (C=O) groups is 2. The number of nitrogens with one attached hydrogen (secondary N) is 2. The fourth-order valence-corrected chi connectivity index (χ4v) is 5.39. The highest BCUT2D eigenvalue weighted by Gasteiger charge is 2.36. The van der Waals surface area contributed by atoms with Crippen LogP contribution in [0.3, 0.4) is 0 Å².